The van der Waals surface area contributed by atoms with Crippen molar-refractivity contribution in [1.82, 2.24) is 5.43 Å². The van der Waals surface area contributed by atoms with E-state index in [0.717, 1.165) is 10.0 Å². The number of benzene rings is 3. The number of anilines is 1. The Morgan fingerprint density at radius 3 is 2.56 bits per heavy atom. The molecule has 0 fully saturated rings. The molecule has 3 aromatic rings. The van der Waals surface area contributed by atoms with Gasteiger partial charge in [0.1, 0.15) is 13.0 Å². The number of hydrogen-bond acceptors (Lipinski definition) is 5. The first kappa shape index (κ1) is 25.0. The average Bonchev–Trinajstić information content (AvgIpc) is 2.80. The number of carbonyl (C=O) groups is 2. The zero-order valence-electron chi connectivity index (χ0n) is 19.0. The number of rotatable bonds is 10. The minimum absolute atomic E-state index is 0.353. The molecule has 0 aromatic heterocycles. The molecule has 34 heavy (non-hydrogen) atoms. The van der Waals surface area contributed by atoms with Gasteiger partial charge in [0.2, 0.25) is 11.8 Å². The summed E-state index contributed by atoms with van der Waals surface area (Å²) in [5.74, 6) is 0.240. The van der Waals surface area contributed by atoms with E-state index in [9.17, 15) is 9.59 Å². The Labute approximate surface area is 207 Å². The molecule has 8 heteroatoms. The number of halogens is 1. The van der Waals surface area contributed by atoms with Crippen molar-refractivity contribution in [2.24, 2.45) is 5.10 Å². The summed E-state index contributed by atoms with van der Waals surface area (Å²) in [6, 6.07) is 20.7. The third-order valence-electron chi connectivity index (χ3n) is 4.62. The zero-order valence-corrected chi connectivity index (χ0v) is 20.6. The van der Waals surface area contributed by atoms with Crippen LogP contribution >= 0.6 is 15.9 Å². The topological polar surface area (TPSA) is 89.0 Å². The van der Waals surface area contributed by atoms with Gasteiger partial charge in [-0.3, -0.25) is 9.59 Å². The summed E-state index contributed by atoms with van der Waals surface area (Å²) < 4.78 is 12.4. The van der Waals surface area contributed by atoms with Crippen LogP contribution in [0.2, 0.25) is 0 Å². The molecular formula is C26H26BrN3O4. The van der Waals surface area contributed by atoms with Gasteiger partial charge in [0.05, 0.1) is 18.5 Å². The lowest BCUT2D eigenvalue weighted by Crippen LogP contribution is -2.24. The molecule has 0 aliphatic heterocycles. The van der Waals surface area contributed by atoms with Crippen molar-refractivity contribution in [1.29, 1.82) is 0 Å². The minimum Gasteiger partial charge on any atom is -0.490 e. The van der Waals surface area contributed by atoms with Crippen LogP contribution in [0.25, 0.3) is 0 Å². The fraction of sp³-hybridized carbons (Fsp3) is 0.192. The van der Waals surface area contributed by atoms with Crippen molar-refractivity contribution < 1.29 is 19.1 Å². The molecule has 0 unspecified atom stereocenters. The van der Waals surface area contributed by atoms with Crippen LogP contribution in [0, 0.1) is 6.92 Å². The van der Waals surface area contributed by atoms with Gasteiger partial charge in [-0.15, -0.1) is 0 Å². The van der Waals surface area contributed by atoms with E-state index in [1.54, 1.807) is 30.3 Å². The van der Waals surface area contributed by atoms with Crippen molar-refractivity contribution in [2.45, 2.75) is 26.9 Å². The van der Waals surface area contributed by atoms with Crippen LogP contribution in [-0.2, 0) is 16.2 Å². The molecule has 0 saturated carbocycles. The fourth-order valence-electron chi connectivity index (χ4n) is 3.08. The first-order valence-electron chi connectivity index (χ1n) is 10.8. The van der Waals surface area contributed by atoms with E-state index in [2.05, 4.69) is 37.8 Å². The summed E-state index contributed by atoms with van der Waals surface area (Å²) in [6.45, 7) is 4.83. The van der Waals surface area contributed by atoms with Gasteiger partial charge in [0.15, 0.2) is 11.5 Å². The molecule has 0 radical (unpaired) electrons. The number of hydrogen-bond donors (Lipinski definition) is 2. The predicted octanol–water partition coefficient (Wildman–Crippen LogP) is 5.21. The van der Waals surface area contributed by atoms with E-state index in [0.29, 0.717) is 36.0 Å². The quantitative estimate of drug-likeness (QED) is 0.216. The number of nitrogens with zero attached hydrogens (tertiary/aromatic N) is 1. The van der Waals surface area contributed by atoms with Crippen LogP contribution < -0.4 is 20.2 Å². The van der Waals surface area contributed by atoms with Gasteiger partial charge in [-0.05, 0) is 71.2 Å². The maximum absolute atomic E-state index is 12.1. The molecule has 0 bridgehead atoms. The fourth-order valence-corrected chi connectivity index (χ4v) is 3.46. The summed E-state index contributed by atoms with van der Waals surface area (Å²) in [7, 11) is 0. The van der Waals surface area contributed by atoms with Crippen LogP contribution in [0.1, 0.15) is 30.0 Å². The smallest absolute Gasteiger partial charge is 0.249 e. The number of ether oxygens (including phenoxy) is 2. The number of amides is 2. The van der Waals surface area contributed by atoms with Gasteiger partial charge in [0.25, 0.3) is 0 Å². The Morgan fingerprint density at radius 1 is 0.971 bits per heavy atom. The zero-order chi connectivity index (χ0) is 24.3. The van der Waals surface area contributed by atoms with E-state index in [-0.39, 0.29) is 6.42 Å². The second-order valence-corrected chi connectivity index (χ2v) is 8.27. The second kappa shape index (κ2) is 12.6. The van der Waals surface area contributed by atoms with Gasteiger partial charge in [-0.1, -0.05) is 42.0 Å². The molecule has 0 saturated heterocycles. The minimum atomic E-state index is -0.524. The molecular weight excluding hydrogens is 498 g/mol. The monoisotopic (exact) mass is 523 g/mol. The van der Waals surface area contributed by atoms with E-state index in [1.807, 2.05) is 44.2 Å². The highest BCUT2D eigenvalue weighted by atomic mass is 79.9. The van der Waals surface area contributed by atoms with Crippen molar-refractivity contribution in [3.05, 3.63) is 87.9 Å². The van der Waals surface area contributed by atoms with Crippen molar-refractivity contribution in [3.63, 3.8) is 0 Å². The Morgan fingerprint density at radius 2 is 1.79 bits per heavy atom. The van der Waals surface area contributed by atoms with Crippen LogP contribution in [0.15, 0.2) is 76.3 Å². The summed E-state index contributed by atoms with van der Waals surface area (Å²) in [5.41, 5.74) is 5.91. The molecule has 0 atom stereocenters. The van der Waals surface area contributed by atoms with Crippen LogP contribution in [-0.4, -0.2) is 24.6 Å². The van der Waals surface area contributed by atoms with Crippen LogP contribution in [0.4, 0.5) is 5.69 Å². The van der Waals surface area contributed by atoms with Crippen molar-refractivity contribution in [3.8, 4) is 11.5 Å². The second-order valence-electron chi connectivity index (χ2n) is 7.41. The Hall–Kier alpha value is -3.65. The highest BCUT2D eigenvalue weighted by Crippen LogP contribution is 2.29. The summed E-state index contributed by atoms with van der Waals surface area (Å²) in [4.78, 5) is 24.1. The molecule has 0 aliphatic rings. The predicted molar refractivity (Wildman–Crippen MR) is 136 cm³/mol. The van der Waals surface area contributed by atoms with E-state index < -0.39 is 11.8 Å². The maximum Gasteiger partial charge on any atom is 0.249 e. The third kappa shape index (κ3) is 7.74. The Kier molecular flexibility index (Phi) is 9.22. The molecule has 7 nitrogen and oxygen atoms in total. The van der Waals surface area contributed by atoms with Gasteiger partial charge in [0, 0.05) is 4.47 Å². The van der Waals surface area contributed by atoms with Gasteiger partial charge >= 0.3 is 0 Å². The Balaban J connectivity index is 1.55. The van der Waals surface area contributed by atoms with Crippen molar-refractivity contribution >= 4 is 39.6 Å². The summed E-state index contributed by atoms with van der Waals surface area (Å²) in [5, 5.41) is 6.62. The number of hydrazone groups is 1. The molecule has 0 heterocycles. The molecule has 2 amide bonds. The highest BCUT2D eigenvalue weighted by molar-refractivity contribution is 9.10. The number of aryl methyl sites for hydroxylation is 1. The normalized spacial score (nSPS) is 10.7. The summed E-state index contributed by atoms with van der Waals surface area (Å²) >= 11 is 3.35. The lowest BCUT2D eigenvalue weighted by Gasteiger charge is -2.13. The lowest BCUT2D eigenvalue weighted by molar-refractivity contribution is -0.126. The average molecular weight is 524 g/mol. The number of carbonyl (C=O) groups excluding carboxylic acids is 2. The van der Waals surface area contributed by atoms with Crippen LogP contribution in [0.3, 0.4) is 0 Å². The Bertz CT molecular complexity index is 1180. The number of para-hydroxylation sites is 1. The molecule has 3 aromatic carbocycles. The van der Waals surface area contributed by atoms with Gasteiger partial charge in [-0.25, -0.2) is 5.43 Å². The number of nitrogens with one attached hydrogen (secondary N) is 2. The van der Waals surface area contributed by atoms with E-state index >= 15 is 0 Å². The standard InChI is InChI=1S/C26H26BrN3O4/c1-3-33-24-14-19(11-12-23(24)34-17-20-8-6-7-18(2)13-20)16-28-30-26(32)15-25(31)29-22-10-5-4-9-21(22)27/h4-14,16H,3,15,17H2,1-2H3,(H,29,31)(H,30,32). The third-order valence-corrected chi connectivity index (χ3v) is 5.31. The largest absolute Gasteiger partial charge is 0.490 e. The first-order valence-corrected chi connectivity index (χ1v) is 11.6. The molecule has 0 aliphatic carbocycles. The molecule has 176 valence electrons. The van der Waals surface area contributed by atoms with Gasteiger partial charge in [-0.2, -0.15) is 5.10 Å². The summed E-state index contributed by atoms with van der Waals surface area (Å²) in [6.07, 6.45) is 1.13. The maximum atomic E-state index is 12.1. The van der Waals surface area contributed by atoms with Crippen LogP contribution in [0.5, 0.6) is 11.5 Å². The molecule has 3 rings (SSSR count). The van der Waals surface area contributed by atoms with Crippen molar-refractivity contribution in [2.75, 3.05) is 11.9 Å². The first-order chi connectivity index (χ1) is 16.4. The van der Waals surface area contributed by atoms with E-state index in [4.69, 9.17) is 9.47 Å². The molecule has 2 N–H and O–H groups in total. The molecule has 0 spiro atoms. The lowest BCUT2D eigenvalue weighted by atomic mass is 10.1. The SMILES string of the molecule is CCOc1cc(C=NNC(=O)CC(=O)Nc2ccccc2Br)ccc1OCc1cccc(C)c1. The van der Waals surface area contributed by atoms with Gasteiger partial charge < -0.3 is 14.8 Å². The highest BCUT2D eigenvalue weighted by Gasteiger charge is 2.11. The van der Waals surface area contributed by atoms with E-state index in [1.165, 1.54) is 11.8 Å².